The van der Waals surface area contributed by atoms with Crippen LogP contribution in [0, 0.1) is 0 Å². The van der Waals surface area contributed by atoms with Crippen molar-refractivity contribution >= 4 is 87.4 Å². The van der Waals surface area contributed by atoms with Gasteiger partial charge >= 0.3 is 5.97 Å². The maximum Gasteiger partial charge on any atom is 0.330 e. The number of anilines is 1. The number of fused-ring (bicyclic) bond motifs is 1. The molecular formula is C25H15Cl5N2O5. The van der Waals surface area contributed by atoms with E-state index in [0.717, 1.165) is 0 Å². The third-order valence-corrected chi connectivity index (χ3v) is 7.52. The Morgan fingerprint density at radius 1 is 0.784 bits per heavy atom. The van der Waals surface area contributed by atoms with E-state index in [1.165, 1.54) is 0 Å². The standard InChI is InChI=1S/C25H15Cl5N2O5/c26-13-6-8-14(9-7-13)31-16(33)11-37-25(36)15(10-12-4-2-1-3-5-12)32-23(34)17-18(24(32)35)20(28)22(30)21(29)19(17)27/h1-9,15H,10-11H2,(H,31,33)/t15-/m0/s1. The summed E-state index contributed by atoms with van der Waals surface area (Å²) < 4.78 is 5.21. The fourth-order valence-electron chi connectivity index (χ4n) is 3.73. The minimum Gasteiger partial charge on any atom is -0.454 e. The fraction of sp³-hybridized carbons (Fsp3) is 0.120. The number of amides is 3. The molecule has 0 saturated heterocycles. The summed E-state index contributed by atoms with van der Waals surface area (Å²) in [6.45, 7) is -0.672. The van der Waals surface area contributed by atoms with E-state index in [2.05, 4.69) is 5.32 Å². The van der Waals surface area contributed by atoms with Crippen molar-refractivity contribution in [3.63, 3.8) is 0 Å². The molecule has 1 aliphatic rings. The first-order valence-electron chi connectivity index (χ1n) is 10.6. The Morgan fingerprint density at radius 2 is 1.32 bits per heavy atom. The fourth-order valence-corrected chi connectivity index (χ4v) is 4.87. The van der Waals surface area contributed by atoms with Crippen LogP contribution in [0.3, 0.4) is 0 Å². The maximum absolute atomic E-state index is 13.3. The molecule has 1 aliphatic heterocycles. The molecule has 3 aromatic rings. The highest BCUT2D eigenvalue weighted by molar-refractivity contribution is 6.55. The molecule has 0 saturated carbocycles. The number of halogens is 5. The van der Waals surface area contributed by atoms with Gasteiger partial charge in [0.25, 0.3) is 17.7 Å². The largest absolute Gasteiger partial charge is 0.454 e. The molecule has 0 aliphatic carbocycles. The van der Waals surface area contributed by atoms with Crippen LogP contribution in [-0.2, 0) is 20.7 Å². The zero-order valence-electron chi connectivity index (χ0n) is 18.6. The Kier molecular flexibility index (Phi) is 8.31. The molecule has 12 heteroatoms. The van der Waals surface area contributed by atoms with Crippen LogP contribution in [0.2, 0.25) is 25.1 Å². The topological polar surface area (TPSA) is 92.8 Å². The van der Waals surface area contributed by atoms with Crippen molar-refractivity contribution in [1.82, 2.24) is 4.90 Å². The lowest BCUT2D eigenvalue weighted by molar-refractivity contribution is -0.151. The SMILES string of the molecule is O=C(COC(=O)[C@H](Cc1ccccc1)N1C(=O)c2c(Cl)c(Cl)c(Cl)c(Cl)c2C1=O)Nc1ccc(Cl)cc1. The summed E-state index contributed by atoms with van der Waals surface area (Å²) in [6.07, 6.45) is -0.0966. The molecule has 1 atom stereocenters. The Labute approximate surface area is 236 Å². The lowest BCUT2D eigenvalue weighted by Crippen LogP contribution is -2.47. The van der Waals surface area contributed by atoms with Gasteiger partial charge in [-0.15, -0.1) is 0 Å². The van der Waals surface area contributed by atoms with Gasteiger partial charge in [-0.25, -0.2) is 4.79 Å². The number of nitrogens with one attached hydrogen (secondary N) is 1. The maximum atomic E-state index is 13.3. The molecule has 7 nitrogen and oxygen atoms in total. The highest BCUT2D eigenvalue weighted by Gasteiger charge is 2.47. The average Bonchev–Trinajstić information content (AvgIpc) is 3.15. The molecule has 0 spiro atoms. The molecule has 0 unspecified atom stereocenters. The molecule has 0 aromatic heterocycles. The van der Waals surface area contributed by atoms with Crippen LogP contribution < -0.4 is 5.32 Å². The van der Waals surface area contributed by atoms with Gasteiger partial charge in [0, 0.05) is 17.1 Å². The monoisotopic (exact) mass is 598 g/mol. The average molecular weight is 601 g/mol. The van der Waals surface area contributed by atoms with Gasteiger partial charge in [-0.05, 0) is 29.8 Å². The summed E-state index contributed by atoms with van der Waals surface area (Å²) >= 11 is 30.5. The molecule has 0 bridgehead atoms. The molecule has 37 heavy (non-hydrogen) atoms. The lowest BCUT2D eigenvalue weighted by Gasteiger charge is -2.24. The van der Waals surface area contributed by atoms with Crippen molar-refractivity contribution in [2.24, 2.45) is 0 Å². The lowest BCUT2D eigenvalue weighted by atomic mass is 10.0. The number of imide groups is 1. The van der Waals surface area contributed by atoms with Gasteiger partial charge in [0.2, 0.25) is 0 Å². The Morgan fingerprint density at radius 3 is 1.86 bits per heavy atom. The summed E-state index contributed by atoms with van der Waals surface area (Å²) in [5, 5.41) is 2.12. The third-order valence-electron chi connectivity index (χ3n) is 5.46. The van der Waals surface area contributed by atoms with E-state index in [1.807, 2.05) is 0 Å². The van der Waals surface area contributed by atoms with E-state index >= 15 is 0 Å². The van der Waals surface area contributed by atoms with Crippen molar-refractivity contribution in [3.8, 4) is 0 Å². The number of benzene rings is 3. The van der Waals surface area contributed by atoms with Gasteiger partial charge in [0.05, 0.1) is 31.2 Å². The number of carbonyl (C=O) groups is 4. The van der Waals surface area contributed by atoms with E-state index in [9.17, 15) is 19.2 Å². The van der Waals surface area contributed by atoms with Gasteiger partial charge in [0.15, 0.2) is 6.61 Å². The van der Waals surface area contributed by atoms with Crippen LogP contribution in [0.1, 0.15) is 26.3 Å². The third kappa shape index (κ3) is 5.56. The van der Waals surface area contributed by atoms with Crippen LogP contribution in [0.15, 0.2) is 54.6 Å². The zero-order chi connectivity index (χ0) is 26.9. The quantitative estimate of drug-likeness (QED) is 0.148. The molecule has 1 N–H and O–H groups in total. The number of hydrogen-bond donors (Lipinski definition) is 1. The predicted octanol–water partition coefficient (Wildman–Crippen LogP) is 6.34. The van der Waals surface area contributed by atoms with Gasteiger partial charge in [-0.2, -0.15) is 0 Å². The van der Waals surface area contributed by atoms with E-state index in [0.29, 0.717) is 21.2 Å². The van der Waals surface area contributed by atoms with Crippen molar-refractivity contribution in [2.45, 2.75) is 12.5 Å². The second-order valence-corrected chi connectivity index (χ2v) is 9.80. The molecule has 0 fully saturated rings. The van der Waals surface area contributed by atoms with Crippen molar-refractivity contribution in [2.75, 3.05) is 11.9 Å². The summed E-state index contributed by atoms with van der Waals surface area (Å²) in [5.41, 5.74) is 0.527. The predicted molar refractivity (Wildman–Crippen MR) is 142 cm³/mol. The normalized spacial score (nSPS) is 13.4. The molecule has 0 radical (unpaired) electrons. The van der Waals surface area contributed by atoms with Crippen molar-refractivity contribution in [1.29, 1.82) is 0 Å². The first-order valence-corrected chi connectivity index (χ1v) is 12.5. The number of rotatable bonds is 7. The molecule has 4 rings (SSSR count). The second-order valence-electron chi connectivity index (χ2n) is 7.85. The van der Waals surface area contributed by atoms with Crippen molar-refractivity contribution in [3.05, 3.63) is 96.4 Å². The van der Waals surface area contributed by atoms with Crippen LogP contribution in [0.4, 0.5) is 5.69 Å². The van der Waals surface area contributed by atoms with Gasteiger partial charge < -0.3 is 10.1 Å². The highest BCUT2D eigenvalue weighted by Crippen LogP contribution is 2.45. The smallest absolute Gasteiger partial charge is 0.330 e. The molecular weight excluding hydrogens is 586 g/mol. The van der Waals surface area contributed by atoms with Crippen molar-refractivity contribution < 1.29 is 23.9 Å². The Bertz CT molecular complexity index is 1370. The van der Waals surface area contributed by atoms with Crippen LogP contribution >= 0.6 is 58.0 Å². The molecule has 190 valence electrons. The van der Waals surface area contributed by atoms with Gasteiger partial charge in [-0.3, -0.25) is 19.3 Å². The van der Waals surface area contributed by atoms with E-state index in [1.54, 1.807) is 54.6 Å². The number of carbonyl (C=O) groups excluding carboxylic acids is 4. The Hall–Kier alpha value is -2.81. The van der Waals surface area contributed by atoms with E-state index < -0.39 is 36.3 Å². The number of ether oxygens (including phenoxy) is 1. The summed E-state index contributed by atoms with van der Waals surface area (Å²) in [7, 11) is 0. The summed E-state index contributed by atoms with van der Waals surface area (Å²) in [6, 6.07) is 13.5. The Balaban J connectivity index is 1.60. The molecule has 1 heterocycles. The minimum absolute atomic E-state index is 0.0966. The van der Waals surface area contributed by atoms with Crippen LogP contribution in [0.5, 0.6) is 0 Å². The first kappa shape index (κ1) is 27.2. The number of hydrogen-bond acceptors (Lipinski definition) is 5. The van der Waals surface area contributed by atoms with Gasteiger partial charge in [-0.1, -0.05) is 88.3 Å². The first-order chi connectivity index (χ1) is 17.6. The minimum atomic E-state index is -1.44. The highest BCUT2D eigenvalue weighted by atomic mass is 35.5. The van der Waals surface area contributed by atoms with Crippen LogP contribution in [0.25, 0.3) is 0 Å². The summed E-state index contributed by atoms with van der Waals surface area (Å²) in [4.78, 5) is 52.9. The molecule has 3 aromatic carbocycles. The summed E-state index contributed by atoms with van der Waals surface area (Å²) in [5.74, 6) is -3.42. The molecule has 3 amide bonds. The number of esters is 1. The van der Waals surface area contributed by atoms with E-state index in [4.69, 9.17) is 62.7 Å². The number of nitrogens with zero attached hydrogens (tertiary/aromatic N) is 1. The van der Waals surface area contributed by atoms with Gasteiger partial charge in [0.1, 0.15) is 6.04 Å². The van der Waals surface area contributed by atoms with E-state index in [-0.39, 0.29) is 37.6 Å². The zero-order valence-corrected chi connectivity index (χ0v) is 22.3. The second kappa shape index (κ2) is 11.3. The van der Waals surface area contributed by atoms with Crippen LogP contribution in [-0.4, -0.2) is 41.2 Å².